The zero-order valence-electron chi connectivity index (χ0n) is 21.5. The van der Waals surface area contributed by atoms with Crippen molar-refractivity contribution in [3.63, 3.8) is 0 Å². The van der Waals surface area contributed by atoms with Crippen LogP contribution >= 0.6 is 0 Å². The molecule has 4 rings (SSSR count). The van der Waals surface area contributed by atoms with Crippen molar-refractivity contribution in [2.24, 2.45) is 4.99 Å². The summed E-state index contributed by atoms with van der Waals surface area (Å²) in [6, 6.07) is 7.65. The van der Waals surface area contributed by atoms with Gasteiger partial charge in [-0.3, -0.25) is 0 Å². The van der Waals surface area contributed by atoms with E-state index < -0.39 is 5.82 Å². The van der Waals surface area contributed by atoms with Crippen molar-refractivity contribution in [2.75, 3.05) is 21.0 Å². The van der Waals surface area contributed by atoms with Crippen LogP contribution in [-0.2, 0) is 4.74 Å². The number of hydrogen-bond donors (Lipinski definition) is 0. The van der Waals surface area contributed by atoms with Crippen molar-refractivity contribution >= 4 is 17.8 Å². The molecule has 0 aliphatic heterocycles. The Kier molecular flexibility index (Phi) is 7.94. The molecular formula is C27H27FN8O2. The van der Waals surface area contributed by atoms with Gasteiger partial charge in [0.05, 0.1) is 41.9 Å². The third-order valence-corrected chi connectivity index (χ3v) is 6.10. The van der Waals surface area contributed by atoms with Crippen molar-refractivity contribution in [1.29, 1.82) is 5.26 Å². The summed E-state index contributed by atoms with van der Waals surface area (Å²) >= 11 is 0. The third kappa shape index (κ3) is 5.45. The molecule has 11 heteroatoms. The van der Waals surface area contributed by atoms with Gasteiger partial charge < -0.3 is 14.4 Å². The maximum Gasteiger partial charge on any atom is 0.188 e. The summed E-state index contributed by atoms with van der Waals surface area (Å²) in [5.74, 6) is 1.28. The Morgan fingerprint density at radius 1 is 1.26 bits per heavy atom. The van der Waals surface area contributed by atoms with Crippen LogP contribution in [0, 0.1) is 17.1 Å². The van der Waals surface area contributed by atoms with Crippen LogP contribution in [0.5, 0.6) is 5.75 Å². The molecule has 4 aromatic heterocycles. The number of allylic oxidation sites excluding steroid dienone is 3. The molecule has 194 valence electrons. The highest BCUT2D eigenvalue weighted by Crippen LogP contribution is 2.29. The average Bonchev–Trinajstić information content (AvgIpc) is 3.57. The lowest BCUT2D eigenvalue weighted by Gasteiger charge is -2.27. The normalized spacial score (nSPS) is 12.8. The standard InChI is InChI=1S/C27H27FN8O2/c1-18(24-10-23(38-17-37-5)16-36-27(24)21(11-29)13-32-36)6-8-25(30-3)34(4)19(2)20-7-9-26(31-12-20)35-15-22(28)14-33-35/h6-10,12-16,19H,3,17H2,1-2,4-5H3/b18-6+,25-8+/t19-/m0/s1. The van der Waals surface area contributed by atoms with Gasteiger partial charge in [-0.25, -0.2) is 23.6 Å². The number of aromatic nitrogens is 5. The summed E-state index contributed by atoms with van der Waals surface area (Å²) in [5, 5.41) is 17.8. The Bertz CT molecular complexity index is 1550. The van der Waals surface area contributed by atoms with Crippen LogP contribution in [0.15, 0.2) is 72.1 Å². The van der Waals surface area contributed by atoms with Crippen LogP contribution in [0.4, 0.5) is 4.39 Å². The number of rotatable bonds is 10. The number of halogens is 1. The molecule has 4 heterocycles. The van der Waals surface area contributed by atoms with Crippen molar-refractivity contribution < 1.29 is 13.9 Å². The molecule has 0 aliphatic carbocycles. The van der Waals surface area contributed by atoms with Gasteiger partial charge in [0.25, 0.3) is 0 Å². The SMILES string of the molecule is C=N/C(=C\C=C(/C)c1cc(OCOC)cn2ncc(C#N)c12)N(C)[C@@H](C)c1ccc(-n2cc(F)cn2)nc1. The number of methoxy groups -OCH3 is 1. The van der Waals surface area contributed by atoms with E-state index in [1.54, 1.807) is 30.1 Å². The van der Waals surface area contributed by atoms with E-state index in [2.05, 4.69) is 33.0 Å². The molecule has 0 radical (unpaired) electrons. The lowest BCUT2D eigenvalue weighted by molar-refractivity contribution is 0.0507. The molecule has 1 atom stereocenters. The van der Waals surface area contributed by atoms with Crippen molar-refractivity contribution in [1.82, 2.24) is 29.3 Å². The van der Waals surface area contributed by atoms with Gasteiger partial charge in [0.15, 0.2) is 18.4 Å². The maximum atomic E-state index is 13.3. The smallest absolute Gasteiger partial charge is 0.188 e. The Hall–Kier alpha value is -4.82. The fourth-order valence-corrected chi connectivity index (χ4v) is 3.88. The number of fused-ring (bicyclic) bond motifs is 1. The average molecular weight is 515 g/mol. The highest BCUT2D eigenvalue weighted by atomic mass is 19.1. The topological polar surface area (TPSA) is 106 Å². The highest BCUT2D eigenvalue weighted by molar-refractivity contribution is 5.82. The predicted molar refractivity (Wildman–Crippen MR) is 141 cm³/mol. The van der Waals surface area contributed by atoms with Gasteiger partial charge in [-0.05, 0) is 49.9 Å². The molecule has 0 saturated carbocycles. The molecular weight excluding hydrogens is 487 g/mol. The molecule has 0 N–H and O–H groups in total. The van der Waals surface area contributed by atoms with Crippen LogP contribution in [0.25, 0.3) is 16.9 Å². The van der Waals surface area contributed by atoms with E-state index in [0.29, 0.717) is 28.5 Å². The molecule has 0 bridgehead atoms. The van der Waals surface area contributed by atoms with Crippen LogP contribution < -0.4 is 4.74 Å². The minimum atomic E-state index is -0.425. The van der Waals surface area contributed by atoms with Crippen molar-refractivity contribution in [2.45, 2.75) is 19.9 Å². The predicted octanol–water partition coefficient (Wildman–Crippen LogP) is 4.55. The fraction of sp³-hybridized carbons (Fsp3) is 0.222. The van der Waals surface area contributed by atoms with Crippen LogP contribution in [0.1, 0.15) is 36.6 Å². The summed E-state index contributed by atoms with van der Waals surface area (Å²) in [5.41, 5.74) is 3.73. The summed E-state index contributed by atoms with van der Waals surface area (Å²) < 4.78 is 26.9. The molecule has 0 amide bonds. The zero-order valence-corrected chi connectivity index (χ0v) is 21.5. The second kappa shape index (κ2) is 11.5. The van der Waals surface area contributed by atoms with Crippen LogP contribution in [-0.4, -0.2) is 56.9 Å². The van der Waals surface area contributed by atoms with Gasteiger partial charge in [0.2, 0.25) is 0 Å². The lowest BCUT2D eigenvalue weighted by Crippen LogP contribution is -2.21. The first-order valence-corrected chi connectivity index (χ1v) is 11.6. The second-order valence-electron chi connectivity index (χ2n) is 8.48. The Morgan fingerprint density at radius 2 is 2.08 bits per heavy atom. The molecule has 0 aromatic carbocycles. The molecule has 0 aliphatic rings. The molecule has 38 heavy (non-hydrogen) atoms. The Morgan fingerprint density at radius 3 is 2.71 bits per heavy atom. The first kappa shape index (κ1) is 26.2. The van der Waals surface area contributed by atoms with E-state index >= 15 is 0 Å². The van der Waals surface area contributed by atoms with Crippen LogP contribution in [0.3, 0.4) is 0 Å². The summed E-state index contributed by atoms with van der Waals surface area (Å²) in [7, 11) is 3.46. The van der Waals surface area contributed by atoms with Gasteiger partial charge in [-0.2, -0.15) is 15.5 Å². The summed E-state index contributed by atoms with van der Waals surface area (Å²) in [6.07, 6.45) is 11.1. The number of ether oxygens (including phenoxy) is 2. The van der Waals surface area contributed by atoms with E-state index in [1.165, 1.54) is 17.1 Å². The fourth-order valence-electron chi connectivity index (χ4n) is 3.88. The monoisotopic (exact) mass is 514 g/mol. The lowest BCUT2D eigenvalue weighted by atomic mass is 10.0. The van der Waals surface area contributed by atoms with Gasteiger partial charge in [0, 0.05) is 25.9 Å². The summed E-state index contributed by atoms with van der Waals surface area (Å²) in [4.78, 5) is 10.6. The molecule has 0 spiro atoms. The van der Waals surface area contributed by atoms with Crippen molar-refractivity contribution in [3.05, 3.63) is 89.7 Å². The molecule has 4 aromatic rings. The van der Waals surface area contributed by atoms with E-state index in [0.717, 1.165) is 22.9 Å². The van der Waals surface area contributed by atoms with Gasteiger partial charge in [-0.1, -0.05) is 12.1 Å². The molecule has 0 fully saturated rings. The number of pyridine rings is 2. The number of aliphatic imine (C=N–C) groups is 1. The molecule has 10 nitrogen and oxygen atoms in total. The second-order valence-corrected chi connectivity index (χ2v) is 8.48. The first-order valence-electron chi connectivity index (χ1n) is 11.6. The van der Waals surface area contributed by atoms with E-state index in [1.807, 2.05) is 50.1 Å². The van der Waals surface area contributed by atoms with Gasteiger partial charge in [-0.15, -0.1) is 0 Å². The van der Waals surface area contributed by atoms with E-state index in [9.17, 15) is 9.65 Å². The summed E-state index contributed by atoms with van der Waals surface area (Å²) in [6.45, 7) is 7.78. The van der Waals surface area contributed by atoms with Crippen molar-refractivity contribution in [3.8, 4) is 17.6 Å². The quantitative estimate of drug-likeness (QED) is 0.174. The minimum Gasteiger partial charge on any atom is -0.466 e. The largest absolute Gasteiger partial charge is 0.466 e. The number of hydrogen-bond acceptors (Lipinski definition) is 8. The third-order valence-electron chi connectivity index (χ3n) is 6.10. The molecule has 0 unspecified atom stereocenters. The van der Waals surface area contributed by atoms with Gasteiger partial charge in [0.1, 0.15) is 17.6 Å². The minimum absolute atomic E-state index is 0.0852. The first-order chi connectivity index (χ1) is 18.4. The van der Waals surface area contributed by atoms with Gasteiger partial charge >= 0.3 is 0 Å². The zero-order chi connectivity index (χ0) is 27.2. The van der Waals surface area contributed by atoms with E-state index in [4.69, 9.17) is 9.47 Å². The Labute approximate surface area is 219 Å². The number of nitrogens with zero attached hydrogens (tertiary/aromatic N) is 8. The number of nitriles is 1. The molecule has 0 saturated heterocycles. The Balaban J connectivity index is 1.61. The maximum absolute atomic E-state index is 13.3. The highest BCUT2D eigenvalue weighted by Gasteiger charge is 2.16. The van der Waals surface area contributed by atoms with E-state index in [-0.39, 0.29) is 12.8 Å². The van der Waals surface area contributed by atoms with Crippen LogP contribution in [0.2, 0.25) is 0 Å².